The molecule has 94 valence electrons. The first-order valence-corrected chi connectivity index (χ1v) is 5.39. The van der Waals surface area contributed by atoms with Crippen molar-refractivity contribution < 1.29 is 19.0 Å². The highest BCUT2D eigenvalue weighted by molar-refractivity contribution is 5.46. The van der Waals surface area contributed by atoms with E-state index in [0.29, 0.717) is 6.61 Å². The number of nitrogens with zero attached hydrogens (tertiary/aromatic N) is 1. The molecule has 1 unspecified atom stereocenters. The van der Waals surface area contributed by atoms with Crippen LogP contribution in [0, 0.1) is 0 Å². The first-order valence-electron chi connectivity index (χ1n) is 5.39. The Labute approximate surface area is 101 Å². The molecule has 0 spiro atoms. The number of para-hydroxylation sites is 1. The maximum atomic E-state index is 5.60. The molecule has 1 aliphatic rings. The van der Waals surface area contributed by atoms with Gasteiger partial charge in [-0.3, -0.25) is 4.84 Å². The van der Waals surface area contributed by atoms with Crippen molar-refractivity contribution in [3.05, 3.63) is 30.3 Å². The summed E-state index contributed by atoms with van der Waals surface area (Å²) in [6, 6.07) is 9.63. The standard InChI is InChI=1S/C12H17NO4/c1-14-11-9-17-13(12(11,15-2)16-3)10-7-5-4-6-8-10/h4-8,11H,9H2,1-3H3. The Hall–Kier alpha value is -1.14. The van der Waals surface area contributed by atoms with Crippen LogP contribution in [0.1, 0.15) is 0 Å². The third-order valence-corrected chi connectivity index (χ3v) is 2.91. The smallest absolute Gasteiger partial charge is 0.304 e. The van der Waals surface area contributed by atoms with Crippen LogP contribution < -0.4 is 5.06 Å². The molecule has 1 aliphatic heterocycles. The molecule has 0 aromatic heterocycles. The van der Waals surface area contributed by atoms with Gasteiger partial charge in [0.05, 0.1) is 5.69 Å². The highest BCUT2D eigenvalue weighted by atomic mass is 16.8. The highest BCUT2D eigenvalue weighted by Crippen LogP contribution is 2.35. The molecule has 5 nitrogen and oxygen atoms in total. The van der Waals surface area contributed by atoms with Crippen molar-refractivity contribution in [3.8, 4) is 0 Å². The van der Waals surface area contributed by atoms with Crippen LogP contribution in [0.5, 0.6) is 0 Å². The summed E-state index contributed by atoms with van der Waals surface area (Å²) in [4.78, 5) is 5.60. The zero-order valence-electron chi connectivity index (χ0n) is 10.3. The molecule has 0 N–H and O–H groups in total. The second kappa shape index (κ2) is 5.01. The van der Waals surface area contributed by atoms with Crippen LogP contribution in [0.25, 0.3) is 0 Å². The molecule has 0 saturated carbocycles. The minimum atomic E-state index is -1.05. The fourth-order valence-electron chi connectivity index (χ4n) is 2.02. The van der Waals surface area contributed by atoms with Gasteiger partial charge in [0.1, 0.15) is 6.61 Å². The van der Waals surface area contributed by atoms with E-state index in [1.807, 2.05) is 30.3 Å². The maximum absolute atomic E-state index is 5.60. The highest BCUT2D eigenvalue weighted by Gasteiger charge is 2.53. The van der Waals surface area contributed by atoms with Crippen LogP contribution in [0.2, 0.25) is 0 Å². The summed E-state index contributed by atoms with van der Waals surface area (Å²) in [6.07, 6.45) is -0.308. The van der Waals surface area contributed by atoms with Gasteiger partial charge in [-0.1, -0.05) is 18.2 Å². The van der Waals surface area contributed by atoms with Crippen LogP contribution in [0.3, 0.4) is 0 Å². The van der Waals surface area contributed by atoms with Gasteiger partial charge in [-0.25, -0.2) is 0 Å². The van der Waals surface area contributed by atoms with E-state index in [0.717, 1.165) is 5.69 Å². The van der Waals surface area contributed by atoms with Gasteiger partial charge in [0, 0.05) is 21.3 Å². The van der Waals surface area contributed by atoms with Gasteiger partial charge in [0.25, 0.3) is 0 Å². The zero-order valence-corrected chi connectivity index (χ0v) is 10.3. The number of ether oxygens (including phenoxy) is 3. The second-order valence-electron chi connectivity index (χ2n) is 3.69. The van der Waals surface area contributed by atoms with Crippen LogP contribution in [0.15, 0.2) is 30.3 Å². The quantitative estimate of drug-likeness (QED) is 0.743. The zero-order chi connectivity index (χ0) is 12.3. The molecule has 5 heteroatoms. The lowest BCUT2D eigenvalue weighted by atomic mass is 10.2. The van der Waals surface area contributed by atoms with E-state index < -0.39 is 5.91 Å². The average molecular weight is 239 g/mol. The van der Waals surface area contributed by atoms with Crippen LogP contribution >= 0.6 is 0 Å². The molecule has 1 heterocycles. The SMILES string of the molecule is COC1CON(c2ccccc2)C1(OC)OC. The van der Waals surface area contributed by atoms with E-state index in [-0.39, 0.29) is 6.10 Å². The summed E-state index contributed by atoms with van der Waals surface area (Å²) < 4.78 is 16.3. The summed E-state index contributed by atoms with van der Waals surface area (Å²) in [7, 11) is 4.75. The molecular weight excluding hydrogens is 222 g/mol. The minimum absolute atomic E-state index is 0.308. The van der Waals surface area contributed by atoms with Crippen molar-refractivity contribution >= 4 is 5.69 Å². The average Bonchev–Trinajstić information content (AvgIpc) is 2.78. The summed E-state index contributed by atoms with van der Waals surface area (Å²) in [6.45, 7) is 0.382. The van der Waals surface area contributed by atoms with Gasteiger partial charge < -0.3 is 14.2 Å². The van der Waals surface area contributed by atoms with Crippen LogP contribution in [-0.4, -0.2) is 40.0 Å². The molecule has 0 aliphatic carbocycles. The molecule has 17 heavy (non-hydrogen) atoms. The lowest BCUT2D eigenvalue weighted by molar-refractivity contribution is -0.253. The Morgan fingerprint density at radius 1 is 1.18 bits per heavy atom. The predicted octanol–water partition coefficient (Wildman–Crippen LogP) is 1.40. The van der Waals surface area contributed by atoms with Crippen molar-refractivity contribution in [2.24, 2.45) is 0 Å². The van der Waals surface area contributed by atoms with E-state index in [1.165, 1.54) is 0 Å². The first-order chi connectivity index (χ1) is 8.28. The Morgan fingerprint density at radius 3 is 2.35 bits per heavy atom. The van der Waals surface area contributed by atoms with Crippen molar-refractivity contribution in [1.29, 1.82) is 0 Å². The molecule has 1 atom stereocenters. The third kappa shape index (κ3) is 1.91. The van der Waals surface area contributed by atoms with Crippen molar-refractivity contribution in [3.63, 3.8) is 0 Å². The first kappa shape index (κ1) is 12.3. The number of rotatable bonds is 4. The Kier molecular flexibility index (Phi) is 3.63. The summed E-state index contributed by atoms with van der Waals surface area (Å²) in [5.74, 6) is -1.05. The lowest BCUT2D eigenvalue weighted by Crippen LogP contribution is -2.54. The van der Waals surface area contributed by atoms with E-state index >= 15 is 0 Å². The van der Waals surface area contributed by atoms with Crippen LogP contribution in [-0.2, 0) is 19.0 Å². The lowest BCUT2D eigenvalue weighted by Gasteiger charge is -2.36. The molecular formula is C12H17NO4. The monoisotopic (exact) mass is 239 g/mol. The third-order valence-electron chi connectivity index (χ3n) is 2.91. The predicted molar refractivity (Wildman–Crippen MR) is 62.4 cm³/mol. The topological polar surface area (TPSA) is 40.2 Å². The Morgan fingerprint density at radius 2 is 1.82 bits per heavy atom. The van der Waals surface area contributed by atoms with Crippen molar-refractivity contribution in [2.75, 3.05) is 33.0 Å². The van der Waals surface area contributed by atoms with Gasteiger partial charge in [-0.15, -0.1) is 0 Å². The van der Waals surface area contributed by atoms with E-state index in [1.54, 1.807) is 26.4 Å². The van der Waals surface area contributed by atoms with Gasteiger partial charge in [-0.2, -0.15) is 5.06 Å². The van der Waals surface area contributed by atoms with Gasteiger partial charge in [-0.05, 0) is 12.1 Å². The molecule has 0 radical (unpaired) electrons. The van der Waals surface area contributed by atoms with Gasteiger partial charge >= 0.3 is 5.91 Å². The molecule has 0 amide bonds. The Balaban J connectivity index is 2.34. The van der Waals surface area contributed by atoms with E-state index in [2.05, 4.69) is 0 Å². The molecule has 1 aromatic carbocycles. The molecule has 1 saturated heterocycles. The normalized spacial score (nSPS) is 23.0. The van der Waals surface area contributed by atoms with E-state index in [4.69, 9.17) is 19.0 Å². The summed E-state index contributed by atoms with van der Waals surface area (Å²) in [5.41, 5.74) is 0.857. The number of hydrogen-bond acceptors (Lipinski definition) is 5. The molecule has 1 aromatic rings. The maximum Gasteiger partial charge on any atom is 0.304 e. The molecule has 1 fully saturated rings. The Bertz CT molecular complexity index is 353. The van der Waals surface area contributed by atoms with Crippen molar-refractivity contribution in [2.45, 2.75) is 12.0 Å². The molecule has 0 bridgehead atoms. The second-order valence-corrected chi connectivity index (χ2v) is 3.69. The number of hydrogen-bond donors (Lipinski definition) is 0. The number of benzene rings is 1. The largest absolute Gasteiger partial charge is 0.371 e. The van der Waals surface area contributed by atoms with Gasteiger partial charge in [0.15, 0.2) is 6.10 Å². The van der Waals surface area contributed by atoms with Crippen molar-refractivity contribution in [1.82, 2.24) is 0 Å². The fourth-order valence-corrected chi connectivity index (χ4v) is 2.02. The summed E-state index contributed by atoms with van der Waals surface area (Å²) in [5, 5.41) is 1.60. The summed E-state index contributed by atoms with van der Waals surface area (Å²) >= 11 is 0. The minimum Gasteiger partial charge on any atom is -0.371 e. The number of methoxy groups -OCH3 is 3. The fraction of sp³-hybridized carbons (Fsp3) is 0.500. The van der Waals surface area contributed by atoms with Crippen LogP contribution in [0.4, 0.5) is 5.69 Å². The number of hydroxylamine groups is 1. The van der Waals surface area contributed by atoms with E-state index in [9.17, 15) is 0 Å². The van der Waals surface area contributed by atoms with Gasteiger partial charge in [0.2, 0.25) is 0 Å². The molecule has 2 rings (SSSR count). The number of anilines is 1.